The van der Waals surface area contributed by atoms with Gasteiger partial charge < -0.3 is 10.4 Å². The van der Waals surface area contributed by atoms with Crippen LogP contribution in [0.4, 0.5) is 0 Å². The lowest BCUT2D eigenvalue weighted by atomic mass is 9.93. The zero-order chi connectivity index (χ0) is 16.5. The van der Waals surface area contributed by atoms with E-state index >= 15 is 0 Å². The van der Waals surface area contributed by atoms with Crippen molar-refractivity contribution in [3.63, 3.8) is 0 Å². The Kier molecular flexibility index (Phi) is 6.82. The minimum absolute atomic E-state index is 0.0559. The Morgan fingerprint density at radius 1 is 1.04 bits per heavy atom. The number of hydrogen-bond donors (Lipinski definition) is 2. The van der Waals surface area contributed by atoms with Gasteiger partial charge in [-0.3, -0.25) is 4.79 Å². The van der Waals surface area contributed by atoms with Crippen molar-refractivity contribution in [3.05, 3.63) is 71.8 Å². The summed E-state index contributed by atoms with van der Waals surface area (Å²) in [5, 5.41) is 12.7. The first-order chi connectivity index (χ1) is 11.1. The van der Waals surface area contributed by atoms with Gasteiger partial charge in [-0.05, 0) is 30.9 Å². The Morgan fingerprint density at radius 3 is 2.26 bits per heavy atom. The number of carbonyl (C=O) groups is 1. The van der Waals surface area contributed by atoms with Gasteiger partial charge in [0.2, 0.25) is 5.91 Å². The van der Waals surface area contributed by atoms with Gasteiger partial charge in [-0.25, -0.2) is 0 Å². The van der Waals surface area contributed by atoms with Gasteiger partial charge in [0.05, 0.1) is 6.10 Å². The van der Waals surface area contributed by atoms with E-state index in [0.29, 0.717) is 19.4 Å². The molecule has 2 rings (SSSR count). The van der Waals surface area contributed by atoms with Crippen LogP contribution >= 0.6 is 0 Å². The van der Waals surface area contributed by atoms with E-state index in [1.54, 1.807) is 6.92 Å². The quantitative estimate of drug-likeness (QED) is 0.786. The van der Waals surface area contributed by atoms with Crippen LogP contribution < -0.4 is 5.32 Å². The number of carbonyl (C=O) groups excluding carboxylic acids is 1. The van der Waals surface area contributed by atoms with Gasteiger partial charge in [0, 0.05) is 18.9 Å². The molecule has 2 atom stereocenters. The third kappa shape index (κ3) is 6.25. The predicted molar refractivity (Wildman–Crippen MR) is 93.3 cm³/mol. The second-order valence-electron chi connectivity index (χ2n) is 5.98. The summed E-state index contributed by atoms with van der Waals surface area (Å²) in [6, 6.07) is 20.1. The maximum Gasteiger partial charge on any atom is 0.220 e. The number of hydrogen-bond acceptors (Lipinski definition) is 2. The van der Waals surface area contributed by atoms with E-state index in [0.717, 1.165) is 12.0 Å². The van der Waals surface area contributed by atoms with Gasteiger partial charge >= 0.3 is 0 Å². The van der Waals surface area contributed by atoms with Gasteiger partial charge in [-0.1, -0.05) is 60.7 Å². The number of aliphatic hydroxyl groups is 1. The van der Waals surface area contributed by atoms with Crippen LogP contribution in [0.1, 0.15) is 36.8 Å². The molecular formula is C20H25NO2. The highest BCUT2D eigenvalue weighted by Crippen LogP contribution is 2.20. The van der Waals surface area contributed by atoms with Gasteiger partial charge in [0.15, 0.2) is 0 Å². The third-order valence-electron chi connectivity index (χ3n) is 3.93. The van der Waals surface area contributed by atoms with Crippen molar-refractivity contribution in [2.45, 2.75) is 38.2 Å². The molecule has 3 nitrogen and oxygen atoms in total. The molecule has 0 radical (unpaired) electrons. The molecule has 2 aromatic carbocycles. The molecule has 0 spiro atoms. The van der Waals surface area contributed by atoms with Gasteiger partial charge in [0.1, 0.15) is 0 Å². The maximum atomic E-state index is 12.1. The average Bonchev–Trinajstić information content (AvgIpc) is 2.58. The average molecular weight is 311 g/mol. The predicted octanol–water partition coefficient (Wildman–Crippen LogP) is 3.29. The largest absolute Gasteiger partial charge is 0.393 e. The molecule has 2 unspecified atom stereocenters. The zero-order valence-corrected chi connectivity index (χ0v) is 13.6. The Labute approximate surface area is 138 Å². The number of aryl methyl sites for hydroxylation is 1. The van der Waals surface area contributed by atoms with Crippen molar-refractivity contribution in [1.29, 1.82) is 0 Å². The van der Waals surface area contributed by atoms with E-state index in [-0.39, 0.29) is 17.9 Å². The number of aliphatic hydroxyl groups excluding tert-OH is 1. The van der Waals surface area contributed by atoms with Crippen LogP contribution in [0.25, 0.3) is 0 Å². The first kappa shape index (κ1) is 17.2. The first-order valence-electron chi connectivity index (χ1n) is 8.19. The normalized spacial score (nSPS) is 13.3. The molecule has 0 aromatic heterocycles. The molecule has 0 saturated heterocycles. The number of nitrogens with one attached hydrogen (secondary N) is 1. The second-order valence-corrected chi connectivity index (χ2v) is 5.98. The van der Waals surface area contributed by atoms with Crippen LogP contribution in [0.2, 0.25) is 0 Å². The van der Waals surface area contributed by atoms with Crippen LogP contribution in [0.15, 0.2) is 60.7 Å². The van der Waals surface area contributed by atoms with Crippen LogP contribution in [-0.4, -0.2) is 23.7 Å². The van der Waals surface area contributed by atoms with E-state index in [4.69, 9.17) is 0 Å². The lowest BCUT2D eigenvalue weighted by Crippen LogP contribution is -2.29. The van der Waals surface area contributed by atoms with Crippen molar-refractivity contribution < 1.29 is 9.90 Å². The van der Waals surface area contributed by atoms with E-state index in [1.807, 2.05) is 60.7 Å². The van der Waals surface area contributed by atoms with Gasteiger partial charge in [0.25, 0.3) is 0 Å². The molecule has 3 heteroatoms. The van der Waals surface area contributed by atoms with E-state index in [9.17, 15) is 9.90 Å². The van der Waals surface area contributed by atoms with E-state index in [2.05, 4.69) is 5.32 Å². The van der Waals surface area contributed by atoms with Crippen molar-refractivity contribution in [1.82, 2.24) is 5.32 Å². The molecule has 23 heavy (non-hydrogen) atoms. The number of amides is 1. The lowest BCUT2D eigenvalue weighted by Gasteiger charge is -2.19. The monoisotopic (exact) mass is 311 g/mol. The third-order valence-corrected chi connectivity index (χ3v) is 3.93. The fourth-order valence-corrected chi connectivity index (χ4v) is 2.70. The van der Waals surface area contributed by atoms with E-state index in [1.165, 1.54) is 5.56 Å². The minimum Gasteiger partial charge on any atom is -0.393 e. The van der Waals surface area contributed by atoms with Crippen molar-refractivity contribution in [3.8, 4) is 0 Å². The molecular weight excluding hydrogens is 286 g/mol. The molecule has 2 aromatic rings. The first-order valence-corrected chi connectivity index (χ1v) is 8.19. The molecule has 0 bridgehead atoms. The summed E-state index contributed by atoms with van der Waals surface area (Å²) < 4.78 is 0. The Balaban J connectivity index is 1.84. The molecule has 0 aliphatic carbocycles. The molecule has 1 amide bonds. The maximum absolute atomic E-state index is 12.1. The SMILES string of the molecule is CC(O)CC(CNC(=O)CCc1ccccc1)c1ccccc1. The standard InChI is InChI=1S/C20H25NO2/c1-16(22)14-19(18-10-6-3-7-11-18)15-21-20(23)13-12-17-8-4-2-5-9-17/h2-11,16,19,22H,12-15H2,1H3,(H,21,23). The van der Waals surface area contributed by atoms with Gasteiger partial charge in [-0.15, -0.1) is 0 Å². The highest BCUT2D eigenvalue weighted by Gasteiger charge is 2.15. The molecule has 0 aliphatic rings. The zero-order valence-electron chi connectivity index (χ0n) is 13.6. The van der Waals surface area contributed by atoms with Gasteiger partial charge in [-0.2, -0.15) is 0 Å². The summed E-state index contributed by atoms with van der Waals surface area (Å²) in [7, 11) is 0. The van der Waals surface area contributed by atoms with Crippen LogP contribution in [0, 0.1) is 0 Å². The molecule has 0 fully saturated rings. The second kappa shape index (κ2) is 9.11. The summed E-state index contributed by atoms with van der Waals surface area (Å²) in [6.07, 6.45) is 1.49. The van der Waals surface area contributed by atoms with Crippen LogP contribution in [0.3, 0.4) is 0 Å². The van der Waals surface area contributed by atoms with E-state index < -0.39 is 0 Å². The summed E-state index contributed by atoms with van der Waals surface area (Å²) in [4.78, 5) is 12.1. The lowest BCUT2D eigenvalue weighted by molar-refractivity contribution is -0.121. The summed E-state index contributed by atoms with van der Waals surface area (Å²) in [5.74, 6) is 0.192. The molecule has 0 saturated carbocycles. The fraction of sp³-hybridized carbons (Fsp3) is 0.350. The van der Waals surface area contributed by atoms with Crippen LogP contribution in [-0.2, 0) is 11.2 Å². The smallest absolute Gasteiger partial charge is 0.220 e. The number of rotatable bonds is 8. The Morgan fingerprint density at radius 2 is 1.65 bits per heavy atom. The Bertz CT molecular complexity index is 581. The highest BCUT2D eigenvalue weighted by atomic mass is 16.3. The Hall–Kier alpha value is -2.13. The number of benzene rings is 2. The molecule has 0 aliphatic heterocycles. The van der Waals surface area contributed by atoms with Crippen molar-refractivity contribution >= 4 is 5.91 Å². The minimum atomic E-state index is -0.388. The van der Waals surface area contributed by atoms with Crippen molar-refractivity contribution in [2.75, 3.05) is 6.54 Å². The molecule has 2 N–H and O–H groups in total. The summed E-state index contributed by atoms with van der Waals surface area (Å²) in [5.41, 5.74) is 2.32. The summed E-state index contributed by atoms with van der Waals surface area (Å²) >= 11 is 0. The fourth-order valence-electron chi connectivity index (χ4n) is 2.70. The summed E-state index contributed by atoms with van der Waals surface area (Å²) in [6.45, 7) is 2.34. The van der Waals surface area contributed by atoms with Crippen LogP contribution in [0.5, 0.6) is 0 Å². The van der Waals surface area contributed by atoms with Crippen molar-refractivity contribution in [2.24, 2.45) is 0 Å². The topological polar surface area (TPSA) is 49.3 Å². The molecule has 122 valence electrons. The molecule has 0 heterocycles. The highest BCUT2D eigenvalue weighted by molar-refractivity contribution is 5.76.